The Morgan fingerprint density at radius 3 is 2.80 bits per heavy atom. The van der Waals surface area contributed by atoms with Crippen molar-refractivity contribution in [2.75, 3.05) is 26.1 Å². The van der Waals surface area contributed by atoms with Crippen LogP contribution in [-0.4, -0.2) is 38.0 Å². The van der Waals surface area contributed by atoms with Crippen molar-refractivity contribution < 1.29 is 19.4 Å². The van der Waals surface area contributed by atoms with Crippen LogP contribution in [0.25, 0.3) is 0 Å². The number of phenols is 1. The summed E-state index contributed by atoms with van der Waals surface area (Å²) in [6.07, 6.45) is 1.34. The van der Waals surface area contributed by atoms with Crippen LogP contribution in [0.4, 0.5) is 5.69 Å². The molecule has 132 valence electrons. The fourth-order valence-corrected chi connectivity index (χ4v) is 2.43. The van der Waals surface area contributed by atoms with E-state index in [1.165, 1.54) is 13.3 Å². The first-order valence-electron chi connectivity index (χ1n) is 7.30. The third kappa shape index (κ3) is 5.39. The smallest absolute Gasteiger partial charge is 0.259 e. The molecule has 2 aromatic rings. The van der Waals surface area contributed by atoms with Crippen LogP contribution >= 0.6 is 15.9 Å². The van der Waals surface area contributed by atoms with E-state index in [4.69, 9.17) is 9.47 Å². The van der Waals surface area contributed by atoms with Gasteiger partial charge in [-0.15, -0.1) is 0 Å². The molecule has 0 heterocycles. The van der Waals surface area contributed by atoms with Gasteiger partial charge >= 0.3 is 0 Å². The number of anilines is 1. The van der Waals surface area contributed by atoms with E-state index in [2.05, 4.69) is 31.8 Å². The highest BCUT2D eigenvalue weighted by Crippen LogP contribution is 2.32. The second kappa shape index (κ2) is 8.93. The molecule has 0 unspecified atom stereocenters. The third-order valence-corrected chi connectivity index (χ3v) is 3.66. The summed E-state index contributed by atoms with van der Waals surface area (Å²) in [4.78, 5) is 11.8. The summed E-state index contributed by atoms with van der Waals surface area (Å²) in [6, 6.07) is 10.5. The lowest BCUT2D eigenvalue weighted by Gasteiger charge is -2.08. The summed E-state index contributed by atoms with van der Waals surface area (Å²) in [6.45, 7) is 0.0400. The van der Waals surface area contributed by atoms with Crippen LogP contribution in [-0.2, 0) is 4.79 Å². The number of methoxy groups -OCH3 is 2. The van der Waals surface area contributed by atoms with E-state index in [-0.39, 0.29) is 18.2 Å². The van der Waals surface area contributed by atoms with Gasteiger partial charge < -0.3 is 19.9 Å². The van der Waals surface area contributed by atoms with Crippen LogP contribution in [0.2, 0.25) is 0 Å². The van der Waals surface area contributed by atoms with E-state index >= 15 is 0 Å². The molecule has 0 saturated carbocycles. The number of halogens is 1. The second-order valence-electron chi connectivity index (χ2n) is 4.92. The molecular weight excluding hydrogens is 390 g/mol. The van der Waals surface area contributed by atoms with Crippen LogP contribution in [0, 0.1) is 0 Å². The summed E-state index contributed by atoms with van der Waals surface area (Å²) in [5.41, 5.74) is 3.55. The molecule has 0 aliphatic rings. The molecule has 2 rings (SSSR count). The molecule has 0 aliphatic heterocycles. The van der Waals surface area contributed by atoms with Crippen molar-refractivity contribution in [1.29, 1.82) is 0 Å². The average Bonchev–Trinajstić information content (AvgIpc) is 2.62. The summed E-state index contributed by atoms with van der Waals surface area (Å²) < 4.78 is 10.9. The number of rotatable bonds is 7. The Morgan fingerprint density at radius 1 is 1.28 bits per heavy atom. The van der Waals surface area contributed by atoms with Gasteiger partial charge in [-0.25, -0.2) is 5.43 Å². The molecule has 3 N–H and O–H groups in total. The Morgan fingerprint density at radius 2 is 2.08 bits per heavy atom. The molecule has 0 fully saturated rings. The van der Waals surface area contributed by atoms with Crippen LogP contribution in [0.5, 0.6) is 17.2 Å². The van der Waals surface area contributed by atoms with Gasteiger partial charge in [0.1, 0.15) is 5.75 Å². The van der Waals surface area contributed by atoms with Crippen LogP contribution < -0.4 is 20.2 Å². The quantitative estimate of drug-likeness (QED) is 0.484. The zero-order valence-corrected chi connectivity index (χ0v) is 15.3. The number of nitrogens with zero attached hydrogens (tertiary/aromatic N) is 1. The number of hydrogen-bond acceptors (Lipinski definition) is 6. The predicted molar refractivity (Wildman–Crippen MR) is 99.6 cm³/mol. The number of amides is 1. The minimum atomic E-state index is -0.333. The predicted octanol–water partition coefficient (Wildman–Crippen LogP) is 2.73. The molecular formula is C17H18BrN3O4. The first kappa shape index (κ1) is 18.6. The van der Waals surface area contributed by atoms with Crippen molar-refractivity contribution in [1.82, 2.24) is 5.43 Å². The van der Waals surface area contributed by atoms with Gasteiger partial charge in [-0.1, -0.05) is 22.0 Å². The number of benzene rings is 2. The number of hydrazone groups is 1. The van der Waals surface area contributed by atoms with E-state index in [1.54, 1.807) is 25.3 Å². The lowest BCUT2D eigenvalue weighted by Crippen LogP contribution is -2.25. The fourth-order valence-electron chi connectivity index (χ4n) is 1.98. The van der Waals surface area contributed by atoms with Crippen molar-refractivity contribution in [2.45, 2.75) is 0 Å². The molecule has 0 saturated heterocycles. The molecule has 7 nitrogen and oxygen atoms in total. The monoisotopic (exact) mass is 407 g/mol. The maximum atomic E-state index is 11.8. The van der Waals surface area contributed by atoms with Crippen LogP contribution in [0.1, 0.15) is 5.56 Å². The molecule has 1 amide bonds. The first-order valence-corrected chi connectivity index (χ1v) is 8.09. The highest BCUT2D eigenvalue weighted by molar-refractivity contribution is 9.10. The maximum absolute atomic E-state index is 11.8. The Bertz CT molecular complexity index is 780. The molecule has 0 spiro atoms. The number of hydrogen-bond donors (Lipinski definition) is 3. The summed E-state index contributed by atoms with van der Waals surface area (Å²) in [5, 5.41) is 16.8. The summed E-state index contributed by atoms with van der Waals surface area (Å²) in [7, 11) is 3.03. The number of phenolic OH excluding ortho intramolecular Hbond substituents is 1. The molecule has 0 bridgehead atoms. The number of nitrogens with one attached hydrogen (secondary N) is 2. The number of ether oxygens (including phenoxy) is 2. The molecule has 8 heteroatoms. The van der Waals surface area contributed by atoms with Crippen molar-refractivity contribution >= 4 is 33.7 Å². The lowest BCUT2D eigenvalue weighted by atomic mass is 10.2. The maximum Gasteiger partial charge on any atom is 0.259 e. The van der Waals surface area contributed by atoms with Gasteiger partial charge in [0.15, 0.2) is 11.5 Å². The largest absolute Gasteiger partial charge is 0.504 e. The number of carbonyl (C=O) groups excluding carboxylic acids is 1. The Labute approximate surface area is 153 Å². The van der Waals surface area contributed by atoms with E-state index in [1.807, 2.05) is 18.2 Å². The number of aromatic hydroxyl groups is 1. The van der Waals surface area contributed by atoms with Crippen molar-refractivity contribution in [3.05, 3.63) is 46.4 Å². The highest BCUT2D eigenvalue weighted by Gasteiger charge is 2.08. The summed E-state index contributed by atoms with van der Waals surface area (Å²) >= 11 is 3.31. The Balaban J connectivity index is 1.91. The van der Waals surface area contributed by atoms with Gasteiger partial charge in [0.25, 0.3) is 5.91 Å². The molecule has 0 radical (unpaired) electrons. The lowest BCUT2D eigenvalue weighted by molar-refractivity contribution is -0.119. The fraction of sp³-hybridized carbons (Fsp3) is 0.176. The molecule has 2 aromatic carbocycles. The van der Waals surface area contributed by atoms with Crippen LogP contribution in [0.3, 0.4) is 0 Å². The minimum Gasteiger partial charge on any atom is -0.504 e. The Kier molecular flexibility index (Phi) is 6.64. The van der Waals surface area contributed by atoms with Crippen molar-refractivity contribution in [3.63, 3.8) is 0 Å². The minimum absolute atomic E-state index is 0.0400. The van der Waals surface area contributed by atoms with Gasteiger partial charge in [-0.3, -0.25) is 4.79 Å². The van der Waals surface area contributed by atoms with Gasteiger partial charge in [0.2, 0.25) is 0 Å². The average molecular weight is 408 g/mol. The SMILES string of the molecule is COc1cccc(NCC(=O)N/N=C/c2cc(Br)cc(OC)c2O)c1. The van der Waals surface area contributed by atoms with Gasteiger partial charge in [0, 0.05) is 21.8 Å². The third-order valence-electron chi connectivity index (χ3n) is 3.20. The van der Waals surface area contributed by atoms with Crippen molar-refractivity contribution in [3.8, 4) is 17.2 Å². The Hall–Kier alpha value is -2.74. The van der Waals surface area contributed by atoms with Gasteiger partial charge in [-0.2, -0.15) is 5.10 Å². The highest BCUT2D eigenvalue weighted by atomic mass is 79.9. The zero-order valence-electron chi connectivity index (χ0n) is 13.7. The standard InChI is InChI=1S/C17H18BrN3O4/c1-24-14-5-3-4-13(8-14)19-10-16(22)21-20-9-11-6-12(18)7-15(25-2)17(11)23/h3-9,19,23H,10H2,1-2H3,(H,21,22)/b20-9+. The van der Waals surface area contributed by atoms with E-state index in [9.17, 15) is 9.90 Å². The van der Waals surface area contributed by atoms with E-state index in [0.29, 0.717) is 17.1 Å². The molecule has 0 aromatic heterocycles. The molecule has 0 aliphatic carbocycles. The van der Waals surface area contributed by atoms with E-state index < -0.39 is 0 Å². The van der Waals surface area contributed by atoms with Crippen molar-refractivity contribution in [2.24, 2.45) is 5.10 Å². The topological polar surface area (TPSA) is 92.2 Å². The number of carbonyl (C=O) groups is 1. The molecule has 25 heavy (non-hydrogen) atoms. The van der Waals surface area contributed by atoms with Crippen LogP contribution in [0.15, 0.2) is 46.0 Å². The first-order chi connectivity index (χ1) is 12.0. The zero-order chi connectivity index (χ0) is 18.2. The van der Waals surface area contributed by atoms with E-state index in [0.717, 1.165) is 10.2 Å². The van der Waals surface area contributed by atoms with Gasteiger partial charge in [-0.05, 0) is 24.3 Å². The second-order valence-corrected chi connectivity index (χ2v) is 5.84. The normalized spacial score (nSPS) is 10.5. The summed E-state index contributed by atoms with van der Waals surface area (Å²) in [5.74, 6) is 0.614. The van der Waals surface area contributed by atoms with Gasteiger partial charge in [0.05, 0.1) is 27.0 Å². The molecule has 0 atom stereocenters.